The number of rotatable bonds is 0. The second kappa shape index (κ2) is 3.04. The predicted molar refractivity (Wildman–Crippen MR) is 53.0 cm³/mol. The van der Waals surface area contributed by atoms with Crippen molar-refractivity contribution < 1.29 is 4.74 Å². The summed E-state index contributed by atoms with van der Waals surface area (Å²) in [5, 5.41) is 0. The Labute approximate surface area is 78.7 Å². The van der Waals surface area contributed by atoms with Gasteiger partial charge in [-0.2, -0.15) is 0 Å². The third-order valence-electron chi connectivity index (χ3n) is 2.66. The maximum atomic E-state index is 6.04. The average molecular weight is 177 g/mol. The van der Waals surface area contributed by atoms with E-state index in [0.717, 1.165) is 18.8 Å². The number of hydrogen-bond acceptors (Lipinski definition) is 2. The molecule has 1 aromatic carbocycles. The van der Waals surface area contributed by atoms with Crippen molar-refractivity contribution in [2.24, 2.45) is 5.73 Å². The molecule has 70 valence electrons. The molecule has 2 nitrogen and oxygen atoms in total. The Balaban J connectivity index is 2.60. The van der Waals surface area contributed by atoms with Crippen LogP contribution in [0.2, 0.25) is 0 Å². The van der Waals surface area contributed by atoms with Gasteiger partial charge in [0.1, 0.15) is 5.75 Å². The van der Waals surface area contributed by atoms with Crippen LogP contribution in [0.25, 0.3) is 0 Å². The lowest BCUT2D eigenvalue weighted by molar-refractivity contribution is 0.266. The predicted octanol–water partition coefficient (Wildman–Crippen LogP) is 2.09. The highest BCUT2D eigenvalue weighted by atomic mass is 16.5. The smallest absolute Gasteiger partial charge is 0.127 e. The zero-order valence-corrected chi connectivity index (χ0v) is 8.13. The van der Waals surface area contributed by atoms with Gasteiger partial charge in [0.2, 0.25) is 0 Å². The molecule has 0 aromatic heterocycles. The van der Waals surface area contributed by atoms with Crippen LogP contribution in [0.1, 0.15) is 29.2 Å². The van der Waals surface area contributed by atoms with E-state index in [-0.39, 0.29) is 6.04 Å². The number of benzene rings is 1. The Kier molecular flexibility index (Phi) is 2.00. The highest BCUT2D eigenvalue weighted by Gasteiger charge is 2.21. The van der Waals surface area contributed by atoms with Gasteiger partial charge in [0, 0.05) is 18.0 Å². The quantitative estimate of drug-likeness (QED) is 0.658. The molecule has 0 spiro atoms. The van der Waals surface area contributed by atoms with Gasteiger partial charge in [0.15, 0.2) is 0 Å². The Hall–Kier alpha value is -1.02. The maximum Gasteiger partial charge on any atom is 0.127 e. The minimum absolute atomic E-state index is 0.156. The third-order valence-corrected chi connectivity index (χ3v) is 2.66. The lowest BCUT2D eigenvalue weighted by atomic mass is 9.94. The molecule has 0 bridgehead atoms. The molecular weight excluding hydrogens is 162 g/mol. The van der Waals surface area contributed by atoms with Crippen LogP contribution in [0.5, 0.6) is 5.75 Å². The molecule has 2 rings (SSSR count). The number of ether oxygens (including phenoxy) is 1. The fourth-order valence-corrected chi connectivity index (χ4v) is 1.89. The monoisotopic (exact) mass is 177 g/mol. The van der Waals surface area contributed by atoms with Crippen LogP contribution in [0.15, 0.2) is 12.1 Å². The van der Waals surface area contributed by atoms with Gasteiger partial charge in [-0.15, -0.1) is 0 Å². The number of hydrogen-bond donors (Lipinski definition) is 1. The van der Waals surface area contributed by atoms with E-state index < -0.39 is 0 Å². The molecule has 1 aliphatic rings. The highest BCUT2D eigenvalue weighted by Crippen LogP contribution is 2.35. The first-order chi connectivity index (χ1) is 6.20. The van der Waals surface area contributed by atoms with Crippen molar-refractivity contribution in [2.45, 2.75) is 26.3 Å². The van der Waals surface area contributed by atoms with Crippen LogP contribution in [0, 0.1) is 13.8 Å². The third kappa shape index (κ3) is 1.31. The van der Waals surface area contributed by atoms with Gasteiger partial charge in [-0.05, 0) is 25.0 Å². The lowest BCUT2D eigenvalue weighted by Gasteiger charge is -2.26. The van der Waals surface area contributed by atoms with Crippen molar-refractivity contribution in [1.29, 1.82) is 0 Å². The second-order valence-electron chi connectivity index (χ2n) is 3.69. The SMILES string of the molecule is Cc1ccc(C)c2c1OCC[C@@H]2N. The molecule has 0 radical (unpaired) electrons. The molecule has 0 aliphatic carbocycles. The normalized spacial score (nSPS) is 20.7. The molecule has 13 heavy (non-hydrogen) atoms. The summed E-state index contributed by atoms with van der Waals surface area (Å²) in [6, 6.07) is 4.36. The molecule has 0 amide bonds. The molecule has 1 atom stereocenters. The Bertz CT molecular complexity index is 333. The topological polar surface area (TPSA) is 35.2 Å². The van der Waals surface area contributed by atoms with E-state index in [0.29, 0.717) is 0 Å². The lowest BCUT2D eigenvalue weighted by Crippen LogP contribution is -2.22. The van der Waals surface area contributed by atoms with Crippen LogP contribution in [0.4, 0.5) is 0 Å². The molecular formula is C11H15NO. The van der Waals surface area contributed by atoms with Crippen LogP contribution < -0.4 is 10.5 Å². The van der Waals surface area contributed by atoms with Crippen molar-refractivity contribution >= 4 is 0 Å². The van der Waals surface area contributed by atoms with E-state index in [9.17, 15) is 0 Å². The summed E-state index contributed by atoms with van der Waals surface area (Å²) >= 11 is 0. The molecule has 1 aliphatic heterocycles. The maximum absolute atomic E-state index is 6.04. The molecule has 1 aromatic rings. The number of fused-ring (bicyclic) bond motifs is 1. The van der Waals surface area contributed by atoms with Gasteiger partial charge >= 0.3 is 0 Å². The van der Waals surface area contributed by atoms with Crippen molar-refractivity contribution in [3.8, 4) is 5.75 Å². The highest BCUT2D eigenvalue weighted by molar-refractivity contribution is 5.48. The van der Waals surface area contributed by atoms with E-state index in [1.54, 1.807) is 0 Å². The summed E-state index contributed by atoms with van der Waals surface area (Å²) in [6.45, 7) is 4.90. The Morgan fingerprint density at radius 1 is 1.31 bits per heavy atom. The summed E-state index contributed by atoms with van der Waals surface area (Å²) in [7, 11) is 0. The van der Waals surface area contributed by atoms with Gasteiger partial charge in [-0.25, -0.2) is 0 Å². The van der Waals surface area contributed by atoms with Crippen molar-refractivity contribution in [3.05, 3.63) is 28.8 Å². The molecule has 0 saturated heterocycles. The van der Waals surface area contributed by atoms with Crippen LogP contribution >= 0.6 is 0 Å². The summed E-state index contributed by atoms with van der Waals surface area (Å²) in [5.41, 5.74) is 9.67. The largest absolute Gasteiger partial charge is 0.493 e. The minimum atomic E-state index is 0.156. The molecule has 2 heteroatoms. The van der Waals surface area contributed by atoms with E-state index in [4.69, 9.17) is 10.5 Å². The molecule has 0 saturated carbocycles. The fourth-order valence-electron chi connectivity index (χ4n) is 1.89. The molecule has 2 N–H and O–H groups in total. The van der Waals surface area contributed by atoms with E-state index in [2.05, 4.69) is 26.0 Å². The zero-order valence-electron chi connectivity index (χ0n) is 8.13. The van der Waals surface area contributed by atoms with Gasteiger partial charge in [-0.3, -0.25) is 0 Å². The van der Waals surface area contributed by atoms with Gasteiger partial charge < -0.3 is 10.5 Å². The number of aryl methyl sites for hydroxylation is 2. The summed E-state index contributed by atoms with van der Waals surface area (Å²) < 4.78 is 5.63. The van der Waals surface area contributed by atoms with Crippen molar-refractivity contribution in [2.75, 3.05) is 6.61 Å². The van der Waals surface area contributed by atoms with Crippen LogP contribution in [-0.2, 0) is 0 Å². The fraction of sp³-hybridized carbons (Fsp3) is 0.455. The van der Waals surface area contributed by atoms with E-state index in [1.165, 1.54) is 16.7 Å². The Morgan fingerprint density at radius 2 is 2.00 bits per heavy atom. The van der Waals surface area contributed by atoms with E-state index in [1.807, 2.05) is 0 Å². The van der Waals surface area contributed by atoms with E-state index >= 15 is 0 Å². The summed E-state index contributed by atoms with van der Waals surface area (Å²) in [5.74, 6) is 1.01. The summed E-state index contributed by atoms with van der Waals surface area (Å²) in [6.07, 6.45) is 0.928. The average Bonchev–Trinajstić information content (AvgIpc) is 2.12. The van der Waals surface area contributed by atoms with Crippen LogP contribution in [0.3, 0.4) is 0 Å². The van der Waals surface area contributed by atoms with Gasteiger partial charge in [0.05, 0.1) is 6.61 Å². The van der Waals surface area contributed by atoms with Crippen LogP contribution in [-0.4, -0.2) is 6.61 Å². The molecule has 0 fully saturated rings. The molecule has 0 unspecified atom stereocenters. The Morgan fingerprint density at radius 3 is 2.69 bits per heavy atom. The van der Waals surface area contributed by atoms with Crippen molar-refractivity contribution in [1.82, 2.24) is 0 Å². The zero-order chi connectivity index (χ0) is 9.42. The minimum Gasteiger partial charge on any atom is -0.493 e. The second-order valence-corrected chi connectivity index (χ2v) is 3.69. The first-order valence-corrected chi connectivity index (χ1v) is 4.68. The van der Waals surface area contributed by atoms with Gasteiger partial charge in [-0.1, -0.05) is 12.1 Å². The standard InChI is InChI=1S/C11H15NO/c1-7-3-4-8(2)11-10(7)9(12)5-6-13-11/h3-4,9H,5-6,12H2,1-2H3/t9-/m0/s1. The first-order valence-electron chi connectivity index (χ1n) is 4.68. The van der Waals surface area contributed by atoms with Crippen molar-refractivity contribution in [3.63, 3.8) is 0 Å². The molecule has 1 heterocycles. The first kappa shape index (κ1) is 8.57. The summed E-state index contributed by atoms with van der Waals surface area (Å²) in [4.78, 5) is 0. The van der Waals surface area contributed by atoms with Gasteiger partial charge in [0.25, 0.3) is 0 Å². The number of nitrogens with two attached hydrogens (primary N) is 1.